The van der Waals surface area contributed by atoms with Crippen LogP contribution in [-0.2, 0) is 0 Å². The first kappa shape index (κ1) is 18.3. The molecule has 0 aliphatic rings. The molecule has 0 saturated heterocycles. The quantitative estimate of drug-likeness (QED) is 0.422. The van der Waals surface area contributed by atoms with Crippen molar-refractivity contribution in [3.05, 3.63) is 67.8 Å². The third kappa shape index (κ3) is 4.29. The fraction of sp³-hybridized carbons (Fsp3) is 0.0667. The van der Waals surface area contributed by atoms with Gasteiger partial charge in [0, 0.05) is 11.8 Å². The Morgan fingerprint density at radius 1 is 1.19 bits per heavy atom. The van der Waals surface area contributed by atoms with Crippen molar-refractivity contribution in [2.24, 2.45) is 5.10 Å². The van der Waals surface area contributed by atoms with Crippen molar-refractivity contribution in [2.75, 3.05) is 5.32 Å². The first-order valence-electron chi connectivity index (χ1n) is 7.11. The lowest BCUT2D eigenvalue weighted by Crippen LogP contribution is -2.24. The van der Waals surface area contributed by atoms with Gasteiger partial charge >= 0.3 is 11.7 Å². The molecule has 2 aromatic rings. The van der Waals surface area contributed by atoms with Crippen LogP contribution in [0.5, 0.6) is 5.75 Å². The van der Waals surface area contributed by atoms with Crippen LogP contribution in [0.25, 0.3) is 0 Å². The molecule has 0 unspecified atom stereocenters. The van der Waals surface area contributed by atoms with E-state index in [0.29, 0.717) is 11.8 Å². The van der Waals surface area contributed by atoms with E-state index in [9.17, 15) is 30.1 Å². The summed E-state index contributed by atoms with van der Waals surface area (Å²) in [7, 11) is 0. The lowest BCUT2D eigenvalue weighted by Gasteiger charge is -2.06. The Morgan fingerprint density at radius 3 is 2.50 bits per heavy atom. The molecular formula is C15H13N5O6. The summed E-state index contributed by atoms with van der Waals surface area (Å²) < 4.78 is 0. The van der Waals surface area contributed by atoms with Crippen molar-refractivity contribution in [2.45, 2.75) is 6.92 Å². The number of phenols is 1. The van der Waals surface area contributed by atoms with E-state index in [0.717, 1.165) is 17.8 Å². The summed E-state index contributed by atoms with van der Waals surface area (Å²) in [6.07, 6.45) is 0.868. The maximum atomic E-state index is 11.8. The molecule has 0 aromatic heterocycles. The number of nitro benzene ring substituents is 2. The van der Waals surface area contributed by atoms with E-state index in [4.69, 9.17) is 0 Å². The molecule has 2 aromatic carbocycles. The lowest BCUT2D eigenvalue weighted by molar-refractivity contribution is -0.394. The summed E-state index contributed by atoms with van der Waals surface area (Å²) in [6, 6.07) is 7.82. The summed E-state index contributed by atoms with van der Waals surface area (Å²) >= 11 is 0. The minimum atomic E-state index is -0.960. The predicted octanol–water partition coefficient (Wildman–Crippen LogP) is 2.67. The maximum absolute atomic E-state index is 11.8. The van der Waals surface area contributed by atoms with E-state index in [1.54, 1.807) is 31.2 Å². The van der Waals surface area contributed by atoms with Crippen LogP contribution >= 0.6 is 0 Å². The average Bonchev–Trinajstić information content (AvgIpc) is 2.58. The molecule has 2 amide bonds. The van der Waals surface area contributed by atoms with Crippen LogP contribution in [0.3, 0.4) is 0 Å². The van der Waals surface area contributed by atoms with Crippen LogP contribution < -0.4 is 10.7 Å². The fourth-order valence-electron chi connectivity index (χ4n) is 1.99. The van der Waals surface area contributed by atoms with Gasteiger partial charge < -0.3 is 10.4 Å². The predicted molar refractivity (Wildman–Crippen MR) is 92.3 cm³/mol. The molecule has 0 fully saturated rings. The summed E-state index contributed by atoms with van der Waals surface area (Å²) in [4.78, 5) is 31.7. The largest absolute Gasteiger partial charge is 0.502 e. The number of anilines is 1. The number of benzene rings is 2. The second kappa shape index (κ2) is 7.70. The number of urea groups is 1. The number of phenolic OH excluding ortho intramolecular Hbond substituents is 1. The zero-order chi connectivity index (χ0) is 19.3. The summed E-state index contributed by atoms with van der Waals surface area (Å²) in [5, 5.41) is 37.6. The minimum absolute atomic E-state index is 0.290. The SMILES string of the molecule is Cc1ccccc1NC(=O)N/N=C/c1cc([N+](=O)[O-])cc([N+](=O)[O-])c1O. The molecule has 0 radical (unpaired) electrons. The number of carbonyl (C=O) groups excluding carboxylic acids is 1. The number of carbonyl (C=O) groups is 1. The summed E-state index contributed by atoms with van der Waals surface area (Å²) in [5.74, 6) is -0.800. The summed E-state index contributed by atoms with van der Waals surface area (Å²) in [6.45, 7) is 1.79. The van der Waals surface area contributed by atoms with Crippen LogP contribution in [0.2, 0.25) is 0 Å². The smallest absolute Gasteiger partial charge is 0.339 e. The number of rotatable bonds is 5. The summed E-state index contributed by atoms with van der Waals surface area (Å²) in [5.41, 5.74) is 1.74. The molecule has 0 bridgehead atoms. The fourth-order valence-corrected chi connectivity index (χ4v) is 1.99. The van der Waals surface area contributed by atoms with Crippen molar-refractivity contribution >= 4 is 29.3 Å². The van der Waals surface area contributed by atoms with Gasteiger partial charge in [0.15, 0.2) is 0 Å². The van der Waals surface area contributed by atoms with Crippen molar-refractivity contribution < 1.29 is 19.7 Å². The Balaban J connectivity index is 2.17. The third-order valence-corrected chi connectivity index (χ3v) is 3.27. The average molecular weight is 359 g/mol. The number of hydrazone groups is 1. The van der Waals surface area contributed by atoms with Gasteiger partial charge in [0.25, 0.3) is 5.69 Å². The molecule has 0 heterocycles. The van der Waals surface area contributed by atoms with Gasteiger partial charge in [-0.05, 0) is 18.6 Å². The van der Waals surface area contributed by atoms with Crippen LogP contribution in [-0.4, -0.2) is 27.2 Å². The van der Waals surface area contributed by atoms with Crippen molar-refractivity contribution in [3.8, 4) is 5.75 Å². The first-order valence-corrected chi connectivity index (χ1v) is 7.11. The number of non-ortho nitro benzene ring substituents is 1. The van der Waals surface area contributed by atoms with Gasteiger partial charge in [-0.3, -0.25) is 20.2 Å². The van der Waals surface area contributed by atoms with Gasteiger partial charge in [-0.2, -0.15) is 5.10 Å². The third-order valence-electron chi connectivity index (χ3n) is 3.27. The van der Waals surface area contributed by atoms with Crippen LogP contribution in [0.4, 0.5) is 21.9 Å². The van der Waals surface area contributed by atoms with E-state index in [-0.39, 0.29) is 5.56 Å². The number of nitro groups is 2. The van der Waals surface area contributed by atoms with Gasteiger partial charge in [0.1, 0.15) is 0 Å². The molecular weight excluding hydrogens is 346 g/mol. The monoisotopic (exact) mass is 359 g/mol. The second-order valence-electron chi connectivity index (χ2n) is 5.06. The highest BCUT2D eigenvalue weighted by Gasteiger charge is 2.23. The zero-order valence-corrected chi connectivity index (χ0v) is 13.4. The van der Waals surface area contributed by atoms with Crippen LogP contribution in [0.1, 0.15) is 11.1 Å². The maximum Gasteiger partial charge on any atom is 0.339 e. The van der Waals surface area contributed by atoms with Crippen molar-refractivity contribution in [1.82, 2.24) is 5.43 Å². The van der Waals surface area contributed by atoms with Gasteiger partial charge in [0.05, 0.1) is 27.7 Å². The minimum Gasteiger partial charge on any atom is -0.502 e. The number of para-hydroxylation sites is 1. The number of hydrogen-bond donors (Lipinski definition) is 3. The van der Waals surface area contributed by atoms with E-state index in [1.165, 1.54) is 0 Å². The molecule has 0 saturated carbocycles. The van der Waals surface area contributed by atoms with Crippen molar-refractivity contribution in [3.63, 3.8) is 0 Å². The van der Waals surface area contributed by atoms with E-state index < -0.39 is 33.0 Å². The topological polar surface area (TPSA) is 160 Å². The number of aryl methyl sites for hydroxylation is 1. The van der Waals surface area contributed by atoms with E-state index >= 15 is 0 Å². The molecule has 11 heteroatoms. The van der Waals surface area contributed by atoms with Gasteiger partial charge in [-0.1, -0.05) is 18.2 Å². The normalized spacial score (nSPS) is 10.5. The van der Waals surface area contributed by atoms with Crippen molar-refractivity contribution in [1.29, 1.82) is 0 Å². The Morgan fingerprint density at radius 2 is 1.88 bits per heavy atom. The van der Waals surface area contributed by atoms with Crippen LogP contribution in [0.15, 0.2) is 41.5 Å². The van der Waals surface area contributed by atoms with E-state index in [1.807, 2.05) is 0 Å². The number of hydrogen-bond acceptors (Lipinski definition) is 7. The number of nitrogens with zero attached hydrogens (tertiary/aromatic N) is 3. The molecule has 0 spiro atoms. The molecule has 3 N–H and O–H groups in total. The van der Waals surface area contributed by atoms with Gasteiger partial charge in [0.2, 0.25) is 5.75 Å². The Bertz CT molecular complexity index is 911. The number of amides is 2. The second-order valence-corrected chi connectivity index (χ2v) is 5.06. The van der Waals surface area contributed by atoms with Crippen LogP contribution in [0, 0.1) is 27.2 Å². The highest BCUT2D eigenvalue weighted by molar-refractivity contribution is 5.92. The Labute approximate surface area is 146 Å². The highest BCUT2D eigenvalue weighted by Crippen LogP contribution is 2.33. The lowest BCUT2D eigenvalue weighted by atomic mass is 10.1. The molecule has 134 valence electrons. The Hall–Kier alpha value is -4.02. The highest BCUT2D eigenvalue weighted by atomic mass is 16.6. The molecule has 2 rings (SSSR count). The Kier molecular flexibility index (Phi) is 5.43. The molecule has 26 heavy (non-hydrogen) atoms. The molecule has 11 nitrogen and oxygen atoms in total. The molecule has 0 aliphatic carbocycles. The molecule has 0 aliphatic heterocycles. The standard InChI is InChI=1S/C15H13N5O6/c1-9-4-2-3-5-12(9)17-15(22)18-16-8-10-6-11(19(23)24)7-13(14(10)21)20(25)26/h2-8,21H,1H3,(H2,17,18,22)/b16-8+. The first-order chi connectivity index (χ1) is 12.3. The number of nitrogens with one attached hydrogen (secondary N) is 2. The van der Waals surface area contributed by atoms with Gasteiger partial charge in [-0.25, -0.2) is 10.2 Å². The molecule has 0 atom stereocenters. The van der Waals surface area contributed by atoms with E-state index in [2.05, 4.69) is 15.8 Å². The van der Waals surface area contributed by atoms with Gasteiger partial charge in [-0.15, -0.1) is 0 Å². The zero-order valence-electron chi connectivity index (χ0n) is 13.4. The number of aromatic hydroxyl groups is 1.